The van der Waals surface area contributed by atoms with Gasteiger partial charge >= 0.3 is 0 Å². The van der Waals surface area contributed by atoms with Crippen molar-refractivity contribution in [2.24, 2.45) is 0 Å². The summed E-state index contributed by atoms with van der Waals surface area (Å²) in [5.74, 6) is 1.52. The third-order valence-corrected chi connectivity index (χ3v) is 4.61. The Balaban J connectivity index is 1.64. The highest BCUT2D eigenvalue weighted by Crippen LogP contribution is 2.27. The summed E-state index contributed by atoms with van der Waals surface area (Å²) < 4.78 is 0. The van der Waals surface area contributed by atoms with Gasteiger partial charge in [0.25, 0.3) is 0 Å². The molecule has 1 atom stereocenters. The lowest BCUT2D eigenvalue weighted by Crippen LogP contribution is -2.19. The lowest BCUT2D eigenvalue weighted by molar-refractivity contribution is 0.328. The van der Waals surface area contributed by atoms with Crippen molar-refractivity contribution >= 4 is 11.3 Å². The molecule has 0 saturated carbocycles. The predicted molar refractivity (Wildman–Crippen MR) is 78.5 cm³/mol. The van der Waals surface area contributed by atoms with E-state index in [9.17, 15) is 0 Å². The van der Waals surface area contributed by atoms with E-state index in [1.54, 1.807) is 0 Å². The third kappa shape index (κ3) is 3.01. The zero-order valence-corrected chi connectivity index (χ0v) is 12.3. The highest BCUT2D eigenvalue weighted by atomic mass is 32.1. The maximum absolute atomic E-state index is 4.57. The number of hydrogen-bond donors (Lipinski definition) is 0. The molecule has 0 N–H and O–H groups in total. The minimum absolute atomic E-state index is 0.501. The molecule has 2 aromatic rings. The molecule has 1 saturated heterocycles. The van der Waals surface area contributed by atoms with Crippen LogP contribution in [0.5, 0.6) is 0 Å². The van der Waals surface area contributed by atoms with E-state index in [1.807, 2.05) is 30.5 Å². The van der Waals surface area contributed by atoms with Gasteiger partial charge in [0.15, 0.2) is 0 Å². The summed E-state index contributed by atoms with van der Waals surface area (Å²) in [4.78, 5) is 14.4. The molecule has 0 radical (unpaired) electrons. The van der Waals surface area contributed by atoms with Gasteiger partial charge in [-0.25, -0.2) is 9.97 Å². The molecular weight excluding hydrogens is 254 g/mol. The van der Waals surface area contributed by atoms with E-state index >= 15 is 0 Å². The minimum atomic E-state index is 0.501. The molecule has 3 heterocycles. The summed E-state index contributed by atoms with van der Waals surface area (Å²) in [6, 6.07) is 6.42. The van der Waals surface area contributed by atoms with Crippen LogP contribution in [0.3, 0.4) is 0 Å². The molecular formula is C15H19N3S. The molecule has 4 heteroatoms. The first-order valence-corrected chi connectivity index (χ1v) is 7.59. The largest absolute Gasteiger partial charge is 0.298 e. The number of rotatable bonds is 3. The summed E-state index contributed by atoms with van der Waals surface area (Å²) in [6.45, 7) is 7.51. The van der Waals surface area contributed by atoms with Crippen molar-refractivity contribution in [2.75, 3.05) is 13.1 Å². The average Bonchev–Trinajstić information content (AvgIpc) is 2.99. The zero-order chi connectivity index (χ0) is 13.2. The second-order valence-corrected chi connectivity index (χ2v) is 6.66. The Morgan fingerprint density at radius 1 is 1.32 bits per heavy atom. The Kier molecular flexibility index (Phi) is 3.62. The normalized spacial score (nSPS) is 20.0. The topological polar surface area (TPSA) is 29.0 Å². The summed E-state index contributed by atoms with van der Waals surface area (Å²) >= 11 is 1.90. The summed E-state index contributed by atoms with van der Waals surface area (Å²) in [6.07, 6.45) is 3.05. The molecule has 100 valence electrons. The second kappa shape index (κ2) is 5.39. The van der Waals surface area contributed by atoms with Gasteiger partial charge in [0.2, 0.25) is 0 Å². The van der Waals surface area contributed by atoms with Crippen LogP contribution in [0.25, 0.3) is 0 Å². The minimum Gasteiger partial charge on any atom is -0.298 e. The first kappa shape index (κ1) is 12.8. The highest BCUT2D eigenvalue weighted by molar-refractivity contribution is 7.11. The fourth-order valence-corrected chi connectivity index (χ4v) is 3.58. The first-order valence-electron chi connectivity index (χ1n) is 6.78. The van der Waals surface area contributed by atoms with Gasteiger partial charge in [-0.1, -0.05) is 0 Å². The van der Waals surface area contributed by atoms with Crippen molar-refractivity contribution in [2.45, 2.75) is 32.7 Å². The monoisotopic (exact) mass is 273 g/mol. The van der Waals surface area contributed by atoms with Crippen LogP contribution in [0.15, 0.2) is 24.4 Å². The molecule has 3 rings (SSSR count). The number of likely N-dealkylation sites (tertiary alicyclic amines) is 1. The van der Waals surface area contributed by atoms with Crippen LogP contribution in [0, 0.1) is 13.8 Å². The van der Waals surface area contributed by atoms with Crippen LogP contribution >= 0.6 is 11.3 Å². The number of aromatic nitrogens is 2. The van der Waals surface area contributed by atoms with Crippen molar-refractivity contribution in [1.29, 1.82) is 0 Å². The molecule has 0 aliphatic carbocycles. The molecule has 1 aliphatic heterocycles. The molecule has 1 aliphatic rings. The molecule has 0 bridgehead atoms. The van der Waals surface area contributed by atoms with E-state index in [-0.39, 0.29) is 0 Å². The summed E-state index contributed by atoms with van der Waals surface area (Å²) in [7, 11) is 0. The highest BCUT2D eigenvalue weighted by Gasteiger charge is 2.26. The first-order chi connectivity index (χ1) is 9.20. The lowest BCUT2D eigenvalue weighted by atomic mass is 10.1. The molecule has 0 aromatic carbocycles. The number of aryl methyl sites for hydroxylation is 2. The van der Waals surface area contributed by atoms with Gasteiger partial charge in [-0.05, 0) is 45.0 Å². The standard InChI is InChI=1S/C15H19N3S/c1-11-5-7-16-15(17-11)13-6-8-18(9-13)10-14-4-3-12(2)19-14/h3-5,7,13H,6,8-10H2,1-2H3/t13-/m0/s1. The average molecular weight is 273 g/mol. The van der Waals surface area contributed by atoms with E-state index in [4.69, 9.17) is 0 Å². The predicted octanol–water partition coefficient (Wildman–Crippen LogP) is 3.14. The van der Waals surface area contributed by atoms with Gasteiger partial charge in [-0.3, -0.25) is 4.90 Å². The number of thiophene rings is 1. The van der Waals surface area contributed by atoms with Gasteiger partial charge in [0.1, 0.15) is 5.82 Å². The number of hydrogen-bond acceptors (Lipinski definition) is 4. The van der Waals surface area contributed by atoms with E-state index in [2.05, 4.69) is 33.9 Å². The Bertz CT molecular complexity index is 564. The Morgan fingerprint density at radius 2 is 2.21 bits per heavy atom. The van der Waals surface area contributed by atoms with E-state index < -0.39 is 0 Å². The van der Waals surface area contributed by atoms with Crippen LogP contribution in [-0.4, -0.2) is 28.0 Å². The van der Waals surface area contributed by atoms with Crippen molar-refractivity contribution in [1.82, 2.24) is 14.9 Å². The molecule has 0 spiro atoms. The fraction of sp³-hybridized carbons (Fsp3) is 0.467. The fourth-order valence-electron chi connectivity index (χ4n) is 2.64. The SMILES string of the molecule is Cc1ccnc([C@H]2CCN(Cc3ccc(C)s3)C2)n1. The summed E-state index contributed by atoms with van der Waals surface area (Å²) in [5, 5.41) is 0. The van der Waals surface area contributed by atoms with Gasteiger partial charge in [0, 0.05) is 40.7 Å². The van der Waals surface area contributed by atoms with E-state index in [0.29, 0.717) is 5.92 Å². The van der Waals surface area contributed by atoms with Crippen LogP contribution < -0.4 is 0 Å². The summed E-state index contributed by atoms with van der Waals surface area (Å²) in [5.41, 5.74) is 1.07. The quantitative estimate of drug-likeness (QED) is 0.860. The smallest absolute Gasteiger partial charge is 0.132 e. The Labute approximate surface area is 118 Å². The molecule has 1 fully saturated rings. The van der Waals surface area contributed by atoms with E-state index in [0.717, 1.165) is 31.2 Å². The van der Waals surface area contributed by atoms with Crippen LogP contribution in [0.2, 0.25) is 0 Å². The van der Waals surface area contributed by atoms with Crippen LogP contribution in [0.4, 0.5) is 0 Å². The third-order valence-electron chi connectivity index (χ3n) is 3.63. The van der Waals surface area contributed by atoms with Gasteiger partial charge in [-0.15, -0.1) is 11.3 Å². The molecule has 19 heavy (non-hydrogen) atoms. The maximum Gasteiger partial charge on any atom is 0.132 e. The zero-order valence-electron chi connectivity index (χ0n) is 11.5. The van der Waals surface area contributed by atoms with Gasteiger partial charge in [0.05, 0.1) is 0 Å². The van der Waals surface area contributed by atoms with Crippen molar-refractivity contribution in [3.63, 3.8) is 0 Å². The Hall–Kier alpha value is -1.26. The lowest BCUT2D eigenvalue weighted by Gasteiger charge is -2.14. The van der Waals surface area contributed by atoms with Crippen molar-refractivity contribution < 1.29 is 0 Å². The van der Waals surface area contributed by atoms with Crippen molar-refractivity contribution in [3.8, 4) is 0 Å². The molecule has 2 aromatic heterocycles. The maximum atomic E-state index is 4.57. The molecule has 0 amide bonds. The molecule has 3 nitrogen and oxygen atoms in total. The van der Waals surface area contributed by atoms with E-state index in [1.165, 1.54) is 16.2 Å². The number of nitrogens with zero attached hydrogens (tertiary/aromatic N) is 3. The van der Waals surface area contributed by atoms with Gasteiger partial charge < -0.3 is 0 Å². The van der Waals surface area contributed by atoms with Crippen LogP contribution in [0.1, 0.15) is 33.6 Å². The van der Waals surface area contributed by atoms with Crippen molar-refractivity contribution in [3.05, 3.63) is 45.7 Å². The van der Waals surface area contributed by atoms with Gasteiger partial charge in [-0.2, -0.15) is 0 Å². The second-order valence-electron chi connectivity index (χ2n) is 5.29. The Morgan fingerprint density at radius 3 is 2.95 bits per heavy atom. The van der Waals surface area contributed by atoms with Crippen LogP contribution in [-0.2, 0) is 6.54 Å². The molecule has 0 unspecified atom stereocenters.